The van der Waals surface area contributed by atoms with Gasteiger partial charge in [-0.3, -0.25) is 0 Å². The second kappa shape index (κ2) is 4.98. The molecular weight excluding hydrogens is 230 g/mol. The SMILES string of the molecule is Cc1ccc(C(O)Cc2csc(C)n2)c(C)c1. The lowest BCUT2D eigenvalue weighted by molar-refractivity contribution is 0.176. The van der Waals surface area contributed by atoms with Crippen molar-refractivity contribution in [3.05, 3.63) is 51.0 Å². The van der Waals surface area contributed by atoms with Crippen molar-refractivity contribution in [2.45, 2.75) is 33.3 Å². The number of aliphatic hydroxyl groups is 1. The van der Waals surface area contributed by atoms with Crippen molar-refractivity contribution in [3.63, 3.8) is 0 Å². The van der Waals surface area contributed by atoms with E-state index < -0.39 is 6.10 Å². The molecule has 3 heteroatoms. The second-order valence-electron chi connectivity index (χ2n) is 4.44. The molecule has 0 radical (unpaired) electrons. The first-order chi connectivity index (χ1) is 8.06. The molecule has 0 saturated carbocycles. The van der Waals surface area contributed by atoms with E-state index in [1.54, 1.807) is 11.3 Å². The van der Waals surface area contributed by atoms with Crippen LogP contribution >= 0.6 is 11.3 Å². The Morgan fingerprint density at radius 2 is 2.06 bits per heavy atom. The van der Waals surface area contributed by atoms with Crippen LogP contribution in [0.3, 0.4) is 0 Å². The van der Waals surface area contributed by atoms with E-state index in [0.29, 0.717) is 6.42 Å². The number of benzene rings is 1. The third-order valence-corrected chi connectivity index (χ3v) is 3.68. The average molecular weight is 247 g/mol. The molecule has 0 aliphatic rings. The first kappa shape index (κ1) is 12.3. The van der Waals surface area contributed by atoms with Crippen LogP contribution in [0.15, 0.2) is 23.6 Å². The first-order valence-electron chi connectivity index (χ1n) is 5.72. The van der Waals surface area contributed by atoms with Crippen molar-refractivity contribution in [2.24, 2.45) is 0 Å². The zero-order valence-electron chi connectivity index (χ0n) is 10.4. The highest BCUT2D eigenvalue weighted by molar-refractivity contribution is 7.09. The number of hydrogen-bond acceptors (Lipinski definition) is 3. The normalized spacial score (nSPS) is 12.7. The lowest BCUT2D eigenvalue weighted by Gasteiger charge is -2.13. The molecule has 1 N–H and O–H groups in total. The maximum Gasteiger partial charge on any atom is 0.0897 e. The summed E-state index contributed by atoms with van der Waals surface area (Å²) in [5.41, 5.74) is 4.34. The molecule has 0 fully saturated rings. The van der Waals surface area contributed by atoms with Crippen molar-refractivity contribution in [2.75, 3.05) is 0 Å². The Morgan fingerprint density at radius 1 is 1.29 bits per heavy atom. The van der Waals surface area contributed by atoms with Gasteiger partial charge in [-0.05, 0) is 31.9 Å². The molecule has 1 aromatic carbocycles. The molecule has 1 aromatic heterocycles. The fourth-order valence-corrected chi connectivity index (χ4v) is 2.64. The van der Waals surface area contributed by atoms with Gasteiger partial charge in [0, 0.05) is 11.8 Å². The third-order valence-electron chi connectivity index (χ3n) is 2.85. The maximum atomic E-state index is 10.2. The topological polar surface area (TPSA) is 33.1 Å². The number of rotatable bonds is 3. The van der Waals surface area contributed by atoms with E-state index in [1.807, 2.05) is 31.4 Å². The van der Waals surface area contributed by atoms with Crippen molar-refractivity contribution in [1.82, 2.24) is 4.98 Å². The minimum Gasteiger partial charge on any atom is -0.388 e. The number of aromatic nitrogens is 1. The van der Waals surface area contributed by atoms with E-state index in [9.17, 15) is 5.11 Å². The van der Waals surface area contributed by atoms with Gasteiger partial charge in [-0.1, -0.05) is 23.8 Å². The second-order valence-corrected chi connectivity index (χ2v) is 5.50. The molecule has 0 amide bonds. The number of thiazole rings is 1. The predicted octanol–water partition coefficient (Wildman–Crippen LogP) is 3.34. The summed E-state index contributed by atoms with van der Waals surface area (Å²) in [7, 11) is 0. The summed E-state index contributed by atoms with van der Waals surface area (Å²) < 4.78 is 0. The summed E-state index contributed by atoms with van der Waals surface area (Å²) in [4.78, 5) is 4.38. The average Bonchev–Trinajstić information content (AvgIpc) is 2.63. The van der Waals surface area contributed by atoms with Crippen LogP contribution in [0.25, 0.3) is 0 Å². The Morgan fingerprint density at radius 3 is 2.65 bits per heavy atom. The fraction of sp³-hybridized carbons (Fsp3) is 0.357. The lowest BCUT2D eigenvalue weighted by atomic mass is 9.98. The highest BCUT2D eigenvalue weighted by Crippen LogP contribution is 2.23. The number of aryl methyl sites for hydroxylation is 3. The molecule has 0 bridgehead atoms. The summed E-state index contributed by atoms with van der Waals surface area (Å²) in [6, 6.07) is 6.15. The van der Waals surface area contributed by atoms with Gasteiger partial charge in [0.05, 0.1) is 16.8 Å². The van der Waals surface area contributed by atoms with Gasteiger partial charge in [-0.25, -0.2) is 4.98 Å². The number of aliphatic hydroxyl groups excluding tert-OH is 1. The summed E-state index contributed by atoms with van der Waals surface area (Å²) in [6.45, 7) is 6.09. The monoisotopic (exact) mass is 247 g/mol. The molecular formula is C14H17NOS. The molecule has 0 aliphatic heterocycles. The van der Waals surface area contributed by atoms with Crippen molar-refractivity contribution in [1.29, 1.82) is 0 Å². The Labute approximate surface area is 106 Å². The molecule has 0 saturated heterocycles. The van der Waals surface area contributed by atoms with Gasteiger partial charge >= 0.3 is 0 Å². The van der Waals surface area contributed by atoms with Gasteiger partial charge in [0.15, 0.2) is 0 Å². The molecule has 2 aromatic rings. The van der Waals surface area contributed by atoms with Gasteiger partial charge < -0.3 is 5.11 Å². The minimum absolute atomic E-state index is 0.461. The van der Waals surface area contributed by atoms with E-state index in [0.717, 1.165) is 21.8 Å². The Kier molecular flexibility index (Phi) is 3.60. The molecule has 1 unspecified atom stereocenters. The maximum absolute atomic E-state index is 10.2. The summed E-state index contributed by atoms with van der Waals surface area (Å²) >= 11 is 1.63. The van der Waals surface area contributed by atoms with Crippen LogP contribution < -0.4 is 0 Å². The van der Waals surface area contributed by atoms with Crippen LogP contribution in [0.4, 0.5) is 0 Å². The first-order valence-corrected chi connectivity index (χ1v) is 6.60. The molecule has 2 rings (SSSR count). The molecule has 90 valence electrons. The zero-order valence-corrected chi connectivity index (χ0v) is 11.2. The molecule has 1 atom stereocenters. The van der Waals surface area contributed by atoms with Crippen LogP contribution in [0.1, 0.15) is 33.5 Å². The highest BCUT2D eigenvalue weighted by Gasteiger charge is 2.12. The Hall–Kier alpha value is -1.19. The van der Waals surface area contributed by atoms with Gasteiger partial charge in [0.25, 0.3) is 0 Å². The molecule has 1 heterocycles. The third kappa shape index (κ3) is 2.93. The van der Waals surface area contributed by atoms with E-state index >= 15 is 0 Å². The quantitative estimate of drug-likeness (QED) is 0.902. The van der Waals surface area contributed by atoms with E-state index in [2.05, 4.69) is 18.0 Å². The van der Waals surface area contributed by atoms with Gasteiger partial charge in [-0.2, -0.15) is 0 Å². The van der Waals surface area contributed by atoms with E-state index in [1.165, 1.54) is 5.56 Å². The Balaban J connectivity index is 2.17. The van der Waals surface area contributed by atoms with Gasteiger partial charge in [0.1, 0.15) is 0 Å². The summed E-state index contributed by atoms with van der Waals surface area (Å²) in [5, 5.41) is 13.3. The van der Waals surface area contributed by atoms with Crippen molar-refractivity contribution < 1.29 is 5.11 Å². The number of hydrogen-bond donors (Lipinski definition) is 1. The number of nitrogens with zero attached hydrogens (tertiary/aromatic N) is 1. The van der Waals surface area contributed by atoms with Crippen LogP contribution in [0.5, 0.6) is 0 Å². The van der Waals surface area contributed by atoms with E-state index in [4.69, 9.17) is 0 Å². The molecule has 2 nitrogen and oxygen atoms in total. The van der Waals surface area contributed by atoms with E-state index in [-0.39, 0.29) is 0 Å². The minimum atomic E-state index is -0.461. The van der Waals surface area contributed by atoms with Crippen LogP contribution in [-0.4, -0.2) is 10.1 Å². The van der Waals surface area contributed by atoms with Crippen LogP contribution in [0, 0.1) is 20.8 Å². The molecule has 0 spiro atoms. The van der Waals surface area contributed by atoms with Crippen molar-refractivity contribution >= 4 is 11.3 Å². The predicted molar refractivity (Wildman–Crippen MR) is 71.4 cm³/mol. The summed E-state index contributed by atoms with van der Waals surface area (Å²) in [5.74, 6) is 0. The van der Waals surface area contributed by atoms with Crippen LogP contribution in [0.2, 0.25) is 0 Å². The lowest BCUT2D eigenvalue weighted by Crippen LogP contribution is -2.04. The fourth-order valence-electron chi connectivity index (χ4n) is 2.01. The van der Waals surface area contributed by atoms with Crippen molar-refractivity contribution in [3.8, 4) is 0 Å². The van der Waals surface area contributed by atoms with Gasteiger partial charge in [-0.15, -0.1) is 11.3 Å². The largest absolute Gasteiger partial charge is 0.388 e. The highest BCUT2D eigenvalue weighted by atomic mass is 32.1. The smallest absolute Gasteiger partial charge is 0.0897 e. The molecule has 0 aliphatic carbocycles. The summed E-state index contributed by atoms with van der Waals surface area (Å²) in [6.07, 6.45) is 0.130. The van der Waals surface area contributed by atoms with Gasteiger partial charge in [0.2, 0.25) is 0 Å². The standard InChI is InChI=1S/C14H17NOS/c1-9-4-5-13(10(2)6-9)14(16)7-12-8-17-11(3)15-12/h4-6,8,14,16H,7H2,1-3H3. The Bertz CT molecular complexity index is 519. The zero-order chi connectivity index (χ0) is 12.4. The molecule has 17 heavy (non-hydrogen) atoms. The van der Waals surface area contributed by atoms with Crippen LogP contribution in [-0.2, 0) is 6.42 Å².